The minimum atomic E-state index is -0.150. The van der Waals surface area contributed by atoms with Gasteiger partial charge in [-0.3, -0.25) is 14.2 Å². The molecular weight excluding hydrogens is 457 g/mol. The summed E-state index contributed by atoms with van der Waals surface area (Å²) in [7, 11) is 1.62. The van der Waals surface area contributed by atoms with Crippen molar-refractivity contribution in [3.05, 3.63) is 68.4 Å². The standard InChI is InChI=1S/C22H23Cl2N3O3S/c1-30-12-2-11-27-21(29)18-8-7-17(24)13-19(18)26-22(27)31-14-20(28)25-10-9-15-3-5-16(23)6-4-15/h3-8,13H,2,9-12,14H2,1H3,(H,25,28). The van der Waals surface area contributed by atoms with Crippen LogP contribution in [0.15, 0.2) is 52.4 Å². The Kier molecular flexibility index (Phi) is 8.78. The lowest BCUT2D eigenvalue weighted by molar-refractivity contribution is -0.118. The number of ether oxygens (including phenoxy) is 1. The van der Waals surface area contributed by atoms with Crippen LogP contribution in [0.4, 0.5) is 0 Å². The minimum absolute atomic E-state index is 0.122. The van der Waals surface area contributed by atoms with E-state index in [0.717, 1.165) is 5.56 Å². The molecule has 0 saturated heterocycles. The van der Waals surface area contributed by atoms with Crippen molar-refractivity contribution >= 4 is 51.8 Å². The first-order chi connectivity index (χ1) is 15.0. The molecule has 0 radical (unpaired) electrons. The lowest BCUT2D eigenvalue weighted by Gasteiger charge is -2.13. The van der Waals surface area contributed by atoms with E-state index in [0.29, 0.717) is 58.6 Å². The zero-order chi connectivity index (χ0) is 22.2. The summed E-state index contributed by atoms with van der Waals surface area (Å²) in [5.74, 6) is 0.0338. The number of amides is 1. The Morgan fingerprint density at radius 3 is 2.65 bits per heavy atom. The summed E-state index contributed by atoms with van der Waals surface area (Å²) >= 11 is 13.2. The Morgan fingerprint density at radius 2 is 1.90 bits per heavy atom. The molecule has 0 bridgehead atoms. The number of halogens is 2. The van der Waals surface area contributed by atoms with E-state index < -0.39 is 0 Å². The van der Waals surface area contributed by atoms with Crippen molar-refractivity contribution in [1.82, 2.24) is 14.9 Å². The molecule has 0 aliphatic heterocycles. The summed E-state index contributed by atoms with van der Waals surface area (Å²) < 4.78 is 6.70. The Balaban J connectivity index is 1.67. The smallest absolute Gasteiger partial charge is 0.262 e. The Morgan fingerprint density at radius 1 is 1.16 bits per heavy atom. The van der Waals surface area contributed by atoms with Crippen molar-refractivity contribution < 1.29 is 9.53 Å². The number of nitrogens with zero attached hydrogens (tertiary/aromatic N) is 2. The number of carbonyl (C=O) groups excluding carboxylic acids is 1. The second-order valence-corrected chi connectivity index (χ2v) is 8.69. The number of nitrogens with one attached hydrogen (secondary N) is 1. The van der Waals surface area contributed by atoms with Gasteiger partial charge in [-0.25, -0.2) is 4.98 Å². The van der Waals surface area contributed by atoms with Gasteiger partial charge in [-0.2, -0.15) is 0 Å². The maximum absolute atomic E-state index is 13.0. The highest BCUT2D eigenvalue weighted by Gasteiger charge is 2.13. The first kappa shape index (κ1) is 23.6. The third-order valence-electron chi connectivity index (χ3n) is 4.59. The van der Waals surface area contributed by atoms with Crippen LogP contribution in [0.5, 0.6) is 0 Å². The number of rotatable bonds is 10. The van der Waals surface area contributed by atoms with Crippen LogP contribution >= 0.6 is 35.0 Å². The molecule has 164 valence electrons. The molecule has 1 heterocycles. The number of aromatic nitrogens is 2. The molecule has 0 spiro atoms. The number of methoxy groups -OCH3 is 1. The highest BCUT2D eigenvalue weighted by molar-refractivity contribution is 7.99. The van der Waals surface area contributed by atoms with Gasteiger partial charge in [0.2, 0.25) is 5.91 Å². The molecule has 0 fully saturated rings. The van der Waals surface area contributed by atoms with Gasteiger partial charge in [-0.05, 0) is 48.7 Å². The quantitative estimate of drug-likeness (QED) is 0.268. The first-order valence-electron chi connectivity index (χ1n) is 9.81. The maximum Gasteiger partial charge on any atom is 0.262 e. The van der Waals surface area contributed by atoms with Gasteiger partial charge in [-0.15, -0.1) is 0 Å². The molecule has 9 heteroatoms. The fourth-order valence-electron chi connectivity index (χ4n) is 3.03. The lowest BCUT2D eigenvalue weighted by Crippen LogP contribution is -2.28. The highest BCUT2D eigenvalue weighted by Crippen LogP contribution is 2.20. The summed E-state index contributed by atoms with van der Waals surface area (Å²) in [6.45, 7) is 1.50. The van der Waals surface area contributed by atoms with Gasteiger partial charge < -0.3 is 10.1 Å². The molecule has 3 aromatic rings. The first-order valence-corrected chi connectivity index (χ1v) is 11.5. The van der Waals surface area contributed by atoms with Crippen molar-refractivity contribution in [2.75, 3.05) is 26.0 Å². The number of benzene rings is 2. The molecule has 6 nitrogen and oxygen atoms in total. The molecule has 0 saturated carbocycles. The van der Waals surface area contributed by atoms with E-state index in [1.165, 1.54) is 11.8 Å². The van der Waals surface area contributed by atoms with Gasteiger partial charge in [0.15, 0.2) is 5.16 Å². The molecule has 3 rings (SSSR count). The lowest BCUT2D eigenvalue weighted by atomic mass is 10.1. The van der Waals surface area contributed by atoms with Crippen LogP contribution < -0.4 is 10.9 Å². The predicted molar refractivity (Wildman–Crippen MR) is 126 cm³/mol. The molecule has 0 atom stereocenters. The average Bonchev–Trinajstić information content (AvgIpc) is 2.75. The predicted octanol–water partition coefficient (Wildman–Crippen LogP) is 4.19. The van der Waals surface area contributed by atoms with Crippen molar-refractivity contribution in [3.8, 4) is 0 Å². The normalized spacial score (nSPS) is 11.1. The van der Waals surface area contributed by atoms with Crippen LogP contribution in [0, 0.1) is 0 Å². The van der Waals surface area contributed by atoms with E-state index >= 15 is 0 Å². The molecule has 1 aromatic heterocycles. The fraction of sp³-hybridized carbons (Fsp3) is 0.318. The summed E-state index contributed by atoms with van der Waals surface area (Å²) in [6.07, 6.45) is 1.38. The molecule has 31 heavy (non-hydrogen) atoms. The van der Waals surface area contributed by atoms with E-state index in [-0.39, 0.29) is 17.2 Å². The van der Waals surface area contributed by atoms with Crippen LogP contribution in [0.2, 0.25) is 10.0 Å². The highest BCUT2D eigenvalue weighted by atomic mass is 35.5. The maximum atomic E-state index is 13.0. The number of thioether (sulfide) groups is 1. The monoisotopic (exact) mass is 479 g/mol. The van der Waals surface area contributed by atoms with Crippen LogP contribution in [0.25, 0.3) is 10.9 Å². The molecule has 1 N–H and O–H groups in total. The van der Waals surface area contributed by atoms with E-state index in [1.54, 1.807) is 29.9 Å². The molecule has 0 unspecified atom stereocenters. The Bertz CT molecular complexity index is 1100. The van der Waals surface area contributed by atoms with E-state index in [4.69, 9.17) is 27.9 Å². The van der Waals surface area contributed by atoms with E-state index in [2.05, 4.69) is 10.3 Å². The van der Waals surface area contributed by atoms with E-state index in [9.17, 15) is 9.59 Å². The van der Waals surface area contributed by atoms with Crippen molar-refractivity contribution in [1.29, 1.82) is 0 Å². The van der Waals surface area contributed by atoms with Gasteiger partial charge in [0, 0.05) is 36.9 Å². The second-order valence-electron chi connectivity index (χ2n) is 6.87. The number of hydrogen-bond donors (Lipinski definition) is 1. The summed E-state index contributed by atoms with van der Waals surface area (Å²) in [5.41, 5.74) is 1.46. The molecule has 0 aliphatic carbocycles. The van der Waals surface area contributed by atoms with Gasteiger partial charge in [0.25, 0.3) is 5.56 Å². The van der Waals surface area contributed by atoms with Crippen LogP contribution in [0.1, 0.15) is 12.0 Å². The van der Waals surface area contributed by atoms with Crippen molar-refractivity contribution in [2.24, 2.45) is 0 Å². The second kappa shape index (κ2) is 11.5. The zero-order valence-corrected chi connectivity index (χ0v) is 19.4. The molecule has 0 aliphatic rings. The SMILES string of the molecule is COCCCn1c(SCC(=O)NCCc2ccc(Cl)cc2)nc2cc(Cl)ccc2c1=O. The summed E-state index contributed by atoms with van der Waals surface area (Å²) in [5, 5.41) is 5.08. The van der Waals surface area contributed by atoms with Crippen LogP contribution in [-0.4, -0.2) is 41.5 Å². The summed E-state index contributed by atoms with van der Waals surface area (Å²) in [4.78, 5) is 29.9. The van der Waals surface area contributed by atoms with Gasteiger partial charge in [-0.1, -0.05) is 47.1 Å². The average molecular weight is 480 g/mol. The number of carbonyl (C=O) groups is 1. The third-order valence-corrected chi connectivity index (χ3v) is 6.06. The summed E-state index contributed by atoms with van der Waals surface area (Å²) in [6, 6.07) is 12.5. The van der Waals surface area contributed by atoms with E-state index in [1.807, 2.05) is 24.3 Å². The third kappa shape index (κ3) is 6.71. The Labute approximate surface area is 194 Å². The molecular formula is C22H23Cl2N3O3S. The topological polar surface area (TPSA) is 73.2 Å². The molecule has 2 aromatic carbocycles. The number of hydrogen-bond acceptors (Lipinski definition) is 5. The van der Waals surface area contributed by atoms with Crippen molar-refractivity contribution in [2.45, 2.75) is 24.5 Å². The van der Waals surface area contributed by atoms with Gasteiger partial charge in [0.1, 0.15) is 0 Å². The largest absolute Gasteiger partial charge is 0.385 e. The van der Waals surface area contributed by atoms with Crippen LogP contribution in [0.3, 0.4) is 0 Å². The van der Waals surface area contributed by atoms with Gasteiger partial charge >= 0.3 is 0 Å². The number of fused-ring (bicyclic) bond motifs is 1. The Hall–Kier alpha value is -2.06. The minimum Gasteiger partial charge on any atom is -0.385 e. The zero-order valence-electron chi connectivity index (χ0n) is 17.1. The molecule has 1 amide bonds. The van der Waals surface area contributed by atoms with Crippen LogP contribution in [-0.2, 0) is 22.5 Å². The van der Waals surface area contributed by atoms with Gasteiger partial charge in [0.05, 0.1) is 16.7 Å². The van der Waals surface area contributed by atoms with Crippen molar-refractivity contribution in [3.63, 3.8) is 0 Å². The fourth-order valence-corrected chi connectivity index (χ4v) is 4.17.